The molecule has 1 amide bonds. The number of hydrogen-bond acceptors (Lipinski definition) is 8. The molecule has 1 aromatic carbocycles. The highest BCUT2D eigenvalue weighted by Gasteiger charge is 2.24. The minimum atomic E-state index is 0.0718. The third-order valence-corrected chi connectivity index (χ3v) is 6.75. The number of nitrogens with one attached hydrogen (secondary N) is 2. The number of rotatable bonds is 7. The highest BCUT2D eigenvalue weighted by molar-refractivity contribution is 5.88. The average Bonchev–Trinajstić information content (AvgIpc) is 2.92. The maximum absolute atomic E-state index is 12.1. The summed E-state index contributed by atoms with van der Waals surface area (Å²) in [7, 11) is 1.56. The zero-order valence-corrected chi connectivity index (χ0v) is 20.1. The smallest absolute Gasteiger partial charge is 0.248 e. The summed E-state index contributed by atoms with van der Waals surface area (Å²) >= 11 is 0. The van der Waals surface area contributed by atoms with Crippen LogP contribution in [0.2, 0.25) is 0 Å². The molecule has 2 aliphatic rings. The van der Waals surface area contributed by atoms with Crippen molar-refractivity contribution in [1.29, 1.82) is 0 Å². The maximum atomic E-state index is 12.1. The Morgan fingerprint density at radius 2 is 2.00 bits per heavy atom. The lowest BCUT2D eigenvalue weighted by Crippen LogP contribution is -2.42. The highest BCUT2D eigenvalue weighted by Crippen LogP contribution is 2.31. The second-order valence-corrected chi connectivity index (χ2v) is 9.07. The summed E-state index contributed by atoms with van der Waals surface area (Å²) in [5.74, 6) is 1.24. The number of anilines is 1. The van der Waals surface area contributed by atoms with Gasteiger partial charge in [0.15, 0.2) is 5.82 Å². The van der Waals surface area contributed by atoms with Crippen LogP contribution in [0.15, 0.2) is 42.7 Å². The van der Waals surface area contributed by atoms with Crippen LogP contribution < -0.4 is 10.6 Å². The van der Waals surface area contributed by atoms with E-state index in [1.54, 1.807) is 19.5 Å². The standard InChI is InChI=1S/C26H32N6O3/c1-34-17-24(33)32-11-6-19(7-12-32)18-2-4-20(5-3-18)22-14-23-25(29-9-8-28-23)26(31-22)30-16-21-15-27-10-13-35-21/h2-5,8-9,14,19,21,27H,6-7,10-13,15-17H2,1H3,(H,30,31). The second kappa shape index (κ2) is 11.1. The SMILES string of the molecule is COCC(=O)N1CCC(c2ccc(-c3cc4nccnc4c(NCC4CNCCO4)n3)cc2)CC1. The predicted molar refractivity (Wildman–Crippen MR) is 134 cm³/mol. The molecule has 4 heterocycles. The van der Waals surface area contributed by atoms with E-state index in [1.807, 2.05) is 11.0 Å². The number of piperidine rings is 1. The van der Waals surface area contributed by atoms with Gasteiger partial charge in [-0.2, -0.15) is 0 Å². The van der Waals surface area contributed by atoms with Crippen molar-refractivity contribution in [3.8, 4) is 11.3 Å². The number of fused-ring (bicyclic) bond motifs is 1. The summed E-state index contributed by atoms with van der Waals surface area (Å²) in [4.78, 5) is 27.9. The van der Waals surface area contributed by atoms with E-state index in [-0.39, 0.29) is 18.6 Å². The molecule has 1 atom stereocenters. The Morgan fingerprint density at radius 1 is 1.20 bits per heavy atom. The minimum Gasteiger partial charge on any atom is -0.375 e. The van der Waals surface area contributed by atoms with E-state index in [2.05, 4.69) is 44.9 Å². The average molecular weight is 477 g/mol. The van der Waals surface area contributed by atoms with E-state index in [4.69, 9.17) is 14.5 Å². The zero-order valence-electron chi connectivity index (χ0n) is 20.1. The first-order chi connectivity index (χ1) is 17.2. The van der Waals surface area contributed by atoms with Crippen molar-refractivity contribution >= 4 is 22.8 Å². The lowest BCUT2D eigenvalue weighted by Gasteiger charge is -2.32. The lowest BCUT2D eigenvalue weighted by molar-refractivity contribution is -0.136. The number of methoxy groups -OCH3 is 1. The summed E-state index contributed by atoms with van der Waals surface area (Å²) in [6.07, 6.45) is 5.42. The number of hydrogen-bond donors (Lipinski definition) is 2. The Labute approximate surface area is 205 Å². The summed E-state index contributed by atoms with van der Waals surface area (Å²) in [6, 6.07) is 10.6. The van der Waals surface area contributed by atoms with Crippen molar-refractivity contribution in [3.05, 3.63) is 48.3 Å². The van der Waals surface area contributed by atoms with Crippen LogP contribution in [-0.4, -0.2) is 84.9 Å². The van der Waals surface area contributed by atoms with Crippen molar-refractivity contribution in [1.82, 2.24) is 25.2 Å². The fraction of sp³-hybridized carbons (Fsp3) is 0.462. The van der Waals surface area contributed by atoms with Gasteiger partial charge in [-0.15, -0.1) is 0 Å². The fourth-order valence-electron chi connectivity index (χ4n) is 4.81. The van der Waals surface area contributed by atoms with Crippen LogP contribution in [0.3, 0.4) is 0 Å². The highest BCUT2D eigenvalue weighted by atomic mass is 16.5. The largest absolute Gasteiger partial charge is 0.375 e. The summed E-state index contributed by atoms with van der Waals surface area (Å²) in [5, 5.41) is 6.79. The van der Waals surface area contributed by atoms with Crippen LogP contribution in [0, 0.1) is 0 Å². The second-order valence-electron chi connectivity index (χ2n) is 9.07. The van der Waals surface area contributed by atoms with Gasteiger partial charge in [-0.05, 0) is 30.4 Å². The van der Waals surface area contributed by atoms with Gasteiger partial charge in [-0.1, -0.05) is 24.3 Å². The van der Waals surface area contributed by atoms with Gasteiger partial charge in [0, 0.05) is 57.8 Å². The Bertz CT molecular complexity index is 1140. The van der Waals surface area contributed by atoms with Crippen LogP contribution in [0.1, 0.15) is 24.3 Å². The van der Waals surface area contributed by atoms with Gasteiger partial charge in [-0.3, -0.25) is 9.78 Å². The number of morpholine rings is 1. The molecule has 3 aromatic rings. The van der Waals surface area contributed by atoms with Crippen molar-refractivity contribution < 1.29 is 14.3 Å². The number of aromatic nitrogens is 3. The molecule has 2 N–H and O–H groups in total. The van der Waals surface area contributed by atoms with Crippen molar-refractivity contribution in [2.45, 2.75) is 24.9 Å². The van der Waals surface area contributed by atoms with E-state index in [1.165, 1.54) is 5.56 Å². The lowest BCUT2D eigenvalue weighted by atomic mass is 9.88. The van der Waals surface area contributed by atoms with Gasteiger partial charge in [0.2, 0.25) is 5.91 Å². The normalized spacial score (nSPS) is 19.1. The first-order valence-electron chi connectivity index (χ1n) is 12.3. The topological polar surface area (TPSA) is 102 Å². The van der Waals surface area contributed by atoms with Crippen LogP contribution in [0.4, 0.5) is 5.82 Å². The van der Waals surface area contributed by atoms with Gasteiger partial charge in [0.25, 0.3) is 0 Å². The number of benzene rings is 1. The molecule has 2 aromatic heterocycles. The first kappa shape index (κ1) is 23.6. The van der Waals surface area contributed by atoms with Crippen LogP contribution in [0.25, 0.3) is 22.3 Å². The van der Waals surface area contributed by atoms with Crippen LogP contribution in [0.5, 0.6) is 0 Å². The van der Waals surface area contributed by atoms with E-state index >= 15 is 0 Å². The molecule has 0 spiro atoms. The van der Waals surface area contributed by atoms with Crippen LogP contribution >= 0.6 is 0 Å². The molecule has 2 aliphatic heterocycles. The van der Waals surface area contributed by atoms with Gasteiger partial charge in [0.1, 0.15) is 12.1 Å². The van der Waals surface area contributed by atoms with Crippen LogP contribution in [-0.2, 0) is 14.3 Å². The third-order valence-electron chi connectivity index (χ3n) is 6.75. The van der Waals surface area contributed by atoms with E-state index < -0.39 is 0 Å². The summed E-state index contributed by atoms with van der Waals surface area (Å²) in [6.45, 7) is 4.78. The molecule has 2 fully saturated rings. The Kier molecular flexibility index (Phi) is 7.46. The molecular formula is C26H32N6O3. The molecule has 184 valence electrons. The monoisotopic (exact) mass is 476 g/mol. The Balaban J connectivity index is 1.30. The van der Waals surface area contributed by atoms with E-state index in [0.29, 0.717) is 12.5 Å². The summed E-state index contributed by atoms with van der Waals surface area (Å²) in [5.41, 5.74) is 4.75. The Hall–Kier alpha value is -3.14. The molecule has 0 radical (unpaired) electrons. The Morgan fingerprint density at radius 3 is 2.74 bits per heavy atom. The molecule has 0 bridgehead atoms. The molecule has 2 saturated heterocycles. The number of ether oxygens (including phenoxy) is 2. The number of nitrogens with zero attached hydrogens (tertiary/aromatic N) is 4. The van der Waals surface area contributed by atoms with Gasteiger partial charge in [0.05, 0.1) is 23.9 Å². The summed E-state index contributed by atoms with van der Waals surface area (Å²) < 4.78 is 10.8. The molecular weight excluding hydrogens is 444 g/mol. The number of pyridine rings is 1. The molecule has 0 saturated carbocycles. The van der Waals surface area contributed by atoms with E-state index in [0.717, 1.165) is 73.7 Å². The fourth-order valence-corrected chi connectivity index (χ4v) is 4.81. The quantitative estimate of drug-likeness (QED) is 0.536. The molecule has 0 aliphatic carbocycles. The minimum absolute atomic E-state index is 0.0718. The molecule has 5 rings (SSSR count). The molecule has 35 heavy (non-hydrogen) atoms. The number of carbonyl (C=O) groups is 1. The van der Waals surface area contributed by atoms with Gasteiger partial charge >= 0.3 is 0 Å². The van der Waals surface area contributed by atoms with E-state index in [9.17, 15) is 4.79 Å². The first-order valence-corrected chi connectivity index (χ1v) is 12.3. The third kappa shape index (κ3) is 5.58. The molecule has 9 heteroatoms. The number of likely N-dealkylation sites (tertiary alicyclic amines) is 1. The van der Waals surface area contributed by atoms with Crippen molar-refractivity contribution in [2.75, 3.05) is 58.4 Å². The number of carbonyl (C=O) groups excluding carboxylic acids is 1. The van der Waals surface area contributed by atoms with Gasteiger partial charge in [-0.25, -0.2) is 9.97 Å². The maximum Gasteiger partial charge on any atom is 0.248 e. The predicted octanol–water partition coefficient (Wildman–Crippen LogP) is 2.44. The number of amides is 1. The zero-order chi connectivity index (χ0) is 24.0. The van der Waals surface area contributed by atoms with Crippen molar-refractivity contribution in [3.63, 3.8) is 0 Å². The molecule has 9 nitrogen and oxygen atoms in total. The molecule has 1 unspecified atom stereocenters. The van der Waals surface area contributed by atoms with Crippen molar-refractivity contribution in [2.24, 2.45) is 0 Å². The van der Waals surface area contributed by atoms with Gasteiger partial charge < -0.3 is 25.0 Å².